The van der Waals surface area contributed by atoms with Crippen LogP contribution in [0.2, 0.25) is 0 Å². The number of aryl methyl sites for hydroxylation is 3. The number of rotatable bonds is 5. The Bertz CT molecular complexity index is 664. The zero-order valence-electron chi connectivity index (χ0n) is 13.7. The first-order chi connectivity index (χ1) is 10.5. The first kappa shape index (κ1) is 16.1. The normalized spacial score (nSPS) is 10.4. The smallest absolute Gasteiger partial charge is 0.253 e. The maximum absolute atomic E-state index is 12.4. The monoisotopic (exact) mass is 297 g/mol. The molecule has 0 fully saturated rings. The van der Waals surface area contributed by atoms with Gasteiger partial charge in [0.15, 0.2) is 0 Å². The van der Waals surface area contributed by atoms with Gasteiger partial charge in [0.25, 0.3) is 5.91 Å². The second-order valence-electron chi connectivity index (χ2n) is 5.64. The minimum Gasteiger partial charge on any atom is -0.491 e. The molecule has 22 heavy (non-hydrogen) atoms. The van der Waals surface area contributed by atoms with Crippen molar-refractivity contribution in [3.63, 3.8) is 0 Å². The molecule has 0 N–H and O–H groups in total. The van der Waals surface area contributed by atoms with Crippen LogP contribution in [0.3, 0.4) is 0 Å². The van der Waals surface area contributed by atoms with Crippen LogP contribution in [0.15, 0.2) is 42.5 Å². The molecule has 2 aromatic rings. The van der Waals surface area contributed by atoms with E-state index < -0.39 is 0 Å². The van der Waals surface area contributed by atoms with Gasteiger partial charge in [0, 0.05) is 12.6 Å². The van der Waals surface area contributed by atoms with E-state index in [1.807, 2.05) is 63.2 Å². The maximum atomic E-state index is 12.4. The molecule has 0 atom stereocenters. The van der Waals surface area contributed by atoms with Gasteiger partial charge in [-0.1, -0.05) is 24.3 Å². The molecule has 0 unspecified atom stereocenters. The summed E-state index contributed by atoms with van der Waals surface area (Å²) in [5.74, 6) is 0.894. The molecule has 3 nitrogen and oxygen atoms in total. The van der Waals surface area contributed by atoms with Crippen molar-refractivity contribution < 1.29 is 9.53 Å². The van der Waals surface area contributed by atoms with Gasteiger partial charge in [-0.15, -0.1) is 0 Å². The number of hydrogen-bond acceptors (Lipinski definition) is 2. The lowest BCUT2D eigenvalue weighted by Gasteiger charge is -2.18. The molecule has 0 bridgehead atoms. The Morgan fingerprint density at radius 3 is 2.41 bits per heavy atom. The molecule has 0 spiro atoms. The van der Waals surface area contributed by atoms with Crippen LogP contribution in [0.4, 0.5) is 0 Å². The van der Waals surface area contributed by atoms with E-state index in [1.54, 1.807) is 11.9 Å². The van der Waals surface area contributed by atoms with Crippen LogP contribution in [0.5, 0.6) is 5.75 Å². The van der Waals surface area contributed by atoms with Gasteiger partial charge in [-0.05, 0) is 55.7 Å². The highest BCUT2D eigenvalue weighted by molar-refractivity contribution is 5.94. The number of hydrogen-bond donors (Lipinski definition) is 0. The first-order valence-electron chi connectivity index (χ1n) is 7.50. The van der Waals surface area contributed by atoms with Crippen LogP contribution in [0, 0.1) is 20.8 Å². The molecule has 2 rings (SSSR count). The van der Waals surface area contributed by atoms with E-state index in [0.717, 1.165) is 22.4 Å². The summed E-state index contributed by atoms with van der Waals surface area (Å²) < 4.78 is 5.74. The Hall–Kier alpha value is -2.29. The molecular weight excluding hydrogens is 274 g/mol. The van der Waals surface area contributed by atoms with Gasteiger partial charge in [-0.2, -0.15) is 0 Å². The quantitative estimate of drug-likeness (QED) is 0.841. The number of para-hydroxylation sites is 1. The molecule has 0 saturated carbocycles. The molecule has 0 heterocycles. The molecular formula is C19H23NO2. The minimum atomic E-state index is 0.0245. The average Bonchev–Trinajstić information content (AvgIpc) is 2.51. The van der Waals surface area contributed by atoms with Crippen molar-refractivity contribution in [1.29, 1.82) is 0 Å². The van der Waals surface area contributed by atoms with Crippen molar-refractivity contribution in [3.8, 4) is 5.75 Å². The molecule has 0 saturated heterocycles. The van der Waals surface area contributed by atoms with Crippen molar-refractivity contribution in [1.82, 2.24) is 4.90 Å². The molecule has 2 aromatic carbocycles. The van der Waals surface area contributed by atoms with Crippen LogP contribution in [0.25, 0.3) is 0 Å². The van der Waals surface area contributed by atoms with Crippen LogP contribution in [-0.4, -0.2) is 31.0 Å². The van der Waals surface area contributed by atoms with Crippen molar-refractivity contribution in [2.75, 3.05) is 20.2 Å². The minimum absolute atomic E-state index is 0.0245. The van der Waals surface area contributed by atoms with Gasteiger partial charge in [-0.25, -0.2) is 0 Å². The SMILES string of the molecule is Cc1ccc(C(=O)N(C)CCOc2ccccc2C)cc1C. The van der Waals surface area contributed by atoms with Gasteiger partial charge in [0.1, 0.15) is 12.4 Å². The zero-order chi connectivity index (χ0) is 16.1. The van der Waals surface area contributed by atoms with E-state index in [0.29, 0.717) is 13.2 Å². The lowest BCUT2D eigenvalue weighted by atomic mass is 10.1. The van der Waals surface area contributed by atoms with Crippen LogP contribution >= 0.6 is 0 Å². The average molecular weight is 297 g/mol. The van der Waals surface area contributed by atoms with Crippen molar-refractivity contribution in [2.45, 2.75) is 20.8 Å². The number of nitrogens with zero attached hydrogens (tertiary/aromatic N) is 1. The number of amides is 1. The summed E-state index contributed by atoms with van der Waals surface area (Å²) in [6, 6.07) is 13.7. The summed E-state index contributed by atoms with van der Waals surface area (Å²) in [5, 5.41) is 0. The fourth-order valence-electron chi connectivity index (χ4n) is 2.21. The summed E-state index contributed by atoms with van der Waals surface area (Å²) in [5.41, 5.74) is 4.16. The molecule has 0 aliphatic carbocycles. The summed E-state index contributed by atoms with van der Waals surface area (Å²) in [4.78, 5) is 14.1. The van der Waals surface area contributed by atoms with Crippen molar-refractivity contribution in [3.05, 3.63) is 64.7 Å². The highest BCUT2D eigenvalue weighted by atomic mass is 16.5. The lowest BCUT2D eigenvalue weighted by Crippen LogP contribution is -2.31. The third-order valence-electron chi connectivity index (χ3n) is 3.88. The number of carbonyl (C=O) groups is 1. The first-order valence-corrected chi connectivity index (χ1v) is 7.50. The largest absolute Gasteiger partial charge is 0.491 e. The van der Waals surface area contributed by atoms with E-state index in [2.05, 4.69) is 0 Å². The Morgan fingerprint density at radius 1 is 1.00 bits per heavy atom. The Balaban J connectivity index is 1.91. The lowest BCUT2D eigenvalue weighted by molar-refractivity contribution is 0.0773. The Labute approximate surface area is 132 Å². The standard InChI is InChI=1S/C19H23NO2/c1-14-9-10-17(13-16(14)3)19(21)20(4)11-12-22-18-8-6-5-7-15(18)2/h5-10,13H,11-12H2,1-4H3. The molecule has 3 heteroatoms. The number of benzene rings is 2. The van der Waals surface area contributed by atoms with Gasteiger partial charge in [0.2, 0.25) is 0 Å². The summed E-state index contributed by atoms with van der Waals surface area (Å²) in [6.45, 7) is 7.12. The second kappa shape index (κ2) is 7.12. The topological polar surface area (TPSA) is 29.5 Å². The zero-order valence-corrected chi connectivity index (χ0v) is 13.7. The Kier molecular flexibility index (Phi) is 5.21. The third kappa shape index (κ3) is 3.88. The molecule has 0 radical (unpaired) electrons. The highest BCUT2D eigenvalue weighted by Crippen LogP contribution is 2.16. The van der Waals surface area contributed by atoms with E-state index in [4.69, 9.17) is 4.74 Å². The summed E-state index contributed by atoms with van der Waals surface area (Å²) in [7, 11) is 1.80. The van der Waals surface area contributed by atoms with E-state index in [9.17, 15) is 4.79 Å². The van der Waals surface area contributed by atoms with Crippen LogP contribution in [0.1, 0.15) is 27.0 Å². The number of likely N-dealkylation sites (N-methyl/N-ethyl adjacent to an activating group) is 1. The predicted molar refractivity (Wildman–Crippen MR) is 89.6 cm³/mol. The third-order valence-corrected chi connectivity index (χ3v) is 3.88. The van der Waals surface area contributed by atoms with Crippen molar-refractivity contribution >= 4 is 5.91 Å². The highest BCUT2D eigenvalue weighted by Gasteiger charge is 2.12. The van der Waals surface area contributed by atoms with E-state index in [-0.39, 0.29) is 5.91 Å². The number of carbonyl (C=O) groups excluding carboxylic acids is 1. The van der Waals surface area contributed by atoms with Crippen molar-refractivity contribution in [2.24, 2.45) is 0 Å². The molecule has 0 aliphatic rings. The number of ether oxygens (including phenoxy) is 1. The van der Waals surface area contributed by atoms with Gasteiger partial charge < -0.3 is 9.64 Å². The van der Waals surface area contributed by atoms with Gasteiger partial charge in [-0.3, -0.25) is 4.79 Å². The van der Waals surface area contributed by atoms with Gasteiger partial charge >= 0.3 is 0 Å². The fraction of sp³-hybridized carbons (Fsp3) is 0.316. The van der Waals surface area contributed by atoms with E-state index >= 15 is 0 Å². The maximum Gasteiger partial charge on any atom is 0.253 e. The van der Waals surface area contributed by atoms with Gasteiger partial charge in [0.05, 0.1) is 6.54 Å². The molecule has 116 valence electrons. The fourth-order valence-corrected chi connectivity index (χ4v) is 2.21. The van der Waals surface area contributed by atoms with Crippen LogP contribution in [-0.2, 0) is 0 Å². The Morgan fingerprint density at radius 2 is 1.73 bits per heavy atom. The summed E-state index contributed by atoms with van der Waals surface area (Å²) >= 11 is 0. The predicted octanol–water partition coefficient (Wildman–Crippen LogP) is 3.76. The van der Waals surface area contributed by atoms with E-state index in [1.165, 1.54) is 5.56 Å². The summed E-state index contributed by atoms with van der Waals surface area (Å²) in [6.07, 6.45) is 0. The van der Waals surface area contributed by atoms with Crippen LogP contribution < -0.4 is 4.74 Å². The molecule has 0 aromatic heterocycles. The molecule has 0 aliphatic heterocycles. The molecule has 1 amide bonds. The second-order valence-corrected chi connectivity index (χ2v) is 5.64.